The average Bonchev–Trinajstić information content (AvgIpc) is 2.30. The number of carbonyl (C=O) groups is 2. The van der Waals surface area contributed by atoms with Gasteiger partial charge in [-0.15, -0.1) is 0 Å². The van der Waals surface area contributed by atoms with Crippen LogP contribution in [0.4, 0.5) is 10.1 Å². The van der Waals surface area contributed by atoms with Crippen molar-refractivity contribution < 1.29 is 24.2 Å². The Kier molecular flexibility index (Phi) is 5.02. The van der Waals surface area contributed by atoms with E-state index < -0.39 is 11.9 Å². The van der Waals surface area contributed by atoms with Gasteiger partial charge in [0.05, 0.1) is 5.57 Å². The molecule has 0 spiro atoms. The number of benzene rings is 1. The summed E-state index contributed by atoms with van der Waals surface area (Å²) in [6.45, 7) is 3.36. The van der Waals surface area contributed by atoms with E-state index in [1.165, 1.54) is 12.1 Å². The molecule has 0 aliphatic carbocycles. The summed E-state index contributed by atoms with van der Waals surface area (Å²) < 4.78 is 13.1. The smallest absolute Gasteiger partial charge is 0.337 e. The number of nitrogens with one attached hydrogen (secondary N) is 1. The molecule has 0 aliphatic heterocycles. The SMILES string of the molecule is Cc1cc(F)cc(C)c1N/C=C(/C=C/C(=O)O)C(=O)O. The molecule has 1 aromatic rings. The van der Waals surface area contributed by atoms with E-state index in [1.54, 1.807) is 13.8 Å². The van der Waals surface area contributed by atoms with Crippen molar-refractivity contribution in [3.8, 4) is 0 Å². The average molecular weight is 279 g/mol. The van der Waals surface area contributed by atoms with E-state index in [4.69, 9.17) is 10.2 Å². The summed E-state index contributed by atoms with van der Waals surface area (Å²) in [5.74, 6) is -2.89. The Morgan fingerprint density at radius 3 is 2.15 bits per heavy atom. The van der Waals surface area contributed by atoms with Crippen molar-refractivity contribution in [2.24, 2.45) is 0 Å². The number of hydrogen-bond acceptors (Lipinski definition) is 3. The molecule has 0 fully saturated rings. The summed E-state index contributed by atoms with van der Waals surface area (Å²) in [6.07, 6.45) is 2.85. The lowest BCUT2D eigenvalue weighted by Gasteiger charge is -2.10. The monoisotopic (exact) mass is 279 g/mol. The van der Waals surface area contributed by atoms with E-state index in [-0.39, 0.29) is 11.4 Å². The second-order valence-corrected chi connectivity index (χ2v) is 4.14. The summed E-state index contributed by atoms with van der Waals surface area (Å²) in [4.78, 5) is 21.3. The van der Waals surface area contributed by atoms with Crippen molar-refractivity contribution in [3.05, 3.63) is 53.0 Å². The molecule has 0 bridgehead atoms. The number of hydrogen-bond donors (Lipinski definition) is 3. The van der Waals surface area contributed by atoms with Crippen LogP contribution in [0.3, 0.4) is 0 Å². The predicted octanol–water partition coefficient (Wildman–Crippen LogP) is 2.46. The first-order valence-electron chi connectivity index (χ1n) is 5.69. The highest BCUT2D eigenvalue weighted by Gasteiger charge is 2.07. The van der Waals surface area contributed by atoms with Gasteiger partial charge in [-0.25, -0.2) is 14.0 Å². The molecule has 20 heavy (non-hydrogen) atoms. The van der Waals surface area contributed by atoms with Crippen LogP contribution in [-0.4, -0.2) is 22.2 Å². The van der Waals surface area contributed by atoms with E-state index in [2.05, 4.69) is 5.32 Å². The largest absolute Gasteiger partial charge is 0.478 e. The second-order valence-electron chi connectivity index (χ2n) is 4.14. The zero-order chi connectivity index (χ0) is 15.3. The Balaban J connectivity index is 3.05. The summed E-state index contributed by atoms with van der Waals surface area (Å²) in [5.41, 5.74) is 1.58. The van der Waals surface area contributed by atoms with Crippen LogP contribution in [0.15, 0.2) is 36.1 Å². The van der Waals surface area contributed by atoms with Gasteiger partial charge in [0.2, 0.25) is 0 Å². The Bertz CT molecular complexity index is 582. The molecule has 0 saturated heterocycles. The number of carboxylic acids is 2. The van der Waals surface area contributed by atoms with E-state index in [0.29, 0.717) is 16.8 Å². The molecule has 1 aromatic carbocycles. The fourth-order valence-electron chi connectivity index (χ4n) is 1.63. The molecule has 3 N–H and O–H groups in total. The van der Waals surface area contributed by atoms with Gasteiger partial charge < -0.3 is 15.5 Å². The van der Waals surface area contributed by atoms with Gasteiger partial charge in [-0.2, -0.15) is 0 Å². The lowest BCUT2D eigenvalue weighted by atomic mass is 10.1. The zero-order valence-corrected chi connectivity index (χ0v) is 11.0. The third-order valence-electron chi connectivity index (χ3n) is 2.52. The Morgan fingerprint density at radius 1 is 1.15 bits per heavy atom. The highest BCUT2D eigenvalue weighted by atomic mass is 19.1. The first-order valence-corrected chi connectivity index (χ1v) is 5.69. The van der Waals surface area contributed by atoms with Gasteiger partial charge >= 0.3 is 11.9 Å². The van der Waals surface area contributed by atoms with Crippen LogP contribution in [-0.2, 0) is 9.59 Å². The third-order valence-corrected chi connectivity index (χ3v) is 2.52. The topological polar surface area (TPSA) is 86.6 Å². The molecule has 1 rings (SSSR count). The maximum Gasteiger partial charge on any atom is 0.337 e. The second kappa shape index (κ2) is 6.51. The van der Waals surface area contributed by atoms with Crippen LogP contribution in [0.5, 0.6) is 0 Å². The van der Waals surface area contributed by atoms with Crippen molar-refractivity contribution in [3.63, 3.8) is 0 Å². The Labute approximate surface area is 115 Å². The lowest BCUT2D eigenvalue weighted by molar-refractivity contribution is -0.132. The van der Waals surface area contributed by atoms with Crippen LogP contribution < -0.4 is 5.32 Å². The maximum absolute atomic E-state index is 13.1. The number of anilines is 1. The molecule has 0 aliphatic rings. The third kappa shape index (κ3) is 4.24. The molecule has 106 valence electrons. The van der Waals surface area contributed by atoms with E-state index in [9.17, 15) is 14.0 Å². The van der Waals surface area contributed by atoms with Crippen molar-refractivity contribution in [1.82, 2.24) is 0 Å². The summed E-state index contributed by atoms with van der Waals surface area (Å²) in [5, 5.41) is 20.2. The fraction of sp³-hybridized carbons (Fsp3) is 0.143. The molecule has 0 aromatic heterocycles. The Morgan fingerprint density at radius 2 is 1.70 bits per heavy atom. The lowest BCUT2D eigenvalue weighted by Crippen LogP contribution is -2.03. The van der Waals surface area contributed by atoms with Crippen molar-refractivity contribution in [2.45, 2.75) is 13.8 Å². The molecule has 0 amide bonds. The van der Waals surface area contributed by atoms with E-state index in [1.807, 2.05) is 0 Å². The standard InChI is InChI=1S/C14H14FNO4/c1-8-5-11(15)6-9(2)13(8)16-7-10(14(19)20)3-4-12(17)18/h3-7,16H,1-2H3,(H,17,18)(H,19,20)/b4-3+,10-7-. The molecule has 6 heteroatoms. The normalized spacial score (nSPS) is 11.7. The predicted molar refractivity (Wildman–Crippen MR) is 72.0 cm³/mol. The van der Waals surface area contributed by atoms with Gasteiger partial charge in [0.1, 0.15) is 5.82 Å². The molecule has 0 heterocycles. The molecule has 0 radical (unpaired) electrons. The minimum absolute atomic E-state index is 0.226. The number of aliphatic carboxylic acids is 2. The van der Waals surface area contributed by atoms with Crippen LogP contribution in [0.2, 0.25) is 0 Å². The van der Waals surface area contributed by atoms with Crippen LogP contribution in [0, 0.1) is 19.7 Å². The van der Waals surface area contributed by atoms with Crippen LogP contribution >= 0.6 is 0 Å². The fourth-order valence-corrected chi connectivity index (χ4v) is 1.63. The number of aryl methyl sites for hydroxylation is 2. The summed E-state index contributed by atoms with van der Waals surface area (Å²) in [7, 11) is 0. The van der Waals surface area contributed by atoms with Crippen LogP contribution in [0.25, 0.3) is 0 Å². The minimum Gasteiger partial charge on any atom is -0.478 e. The van der Waals surface area contributed by atoms with Gasteiger partial charge in [-0.05, 0) is 43.2 Å². The molecular formula is C14H14FNO4. The van der Waals surface area contributed by atoms with Gasteiger partial charge in [0.15, 0.2) is 0 Å². The van der Waals surface area contributed by atoms with Crippen molar-refractivity contribution in [2.75, 3.05) is 5.32 Å². The van der Waals surface area contributed by atoms with Gasteiger partial charge in [0.25, 0.3) is 0 Å². The first-order chi connectivity index (χ1) is 9.31. The number of rotatable bonds is 5. The zero-order valence-electron chi connectivity index (χ0n) is 11.0. The highest BCUT2D eigenvalue weighted by molar-refractivity contribution is 5.92. The molecule has 5 nitrogen and oxygen atoms in total. The number of halogens is 1. The first kappa shape index (κ1) is 15.4. The minimum atomic E-state index is -1.27. The summed E-state index contributed by atoms with van der Waals surface area (Å²) in [6, 6.07) is 2.63. The van der Waals surface area contributed by atoms with Gasteiger partial charge in [-0.1, -0.05) is 0 Å². The van der Waals surface area contributed by atoms with Gasteiger partial charge in [0, 0.05) is 18.0 Å². The quantitative estimate of drug-likeness (QED) is 0.569. The van der Waals surface area contributed by atoms with Crippen molar-refractivity contribution >= 4 is 17.6 Å². The van der Waals surface area contributed by atoms with E-state index >= 15 is 0 Å². The Hall–Kier alpha value is -2.63. The maximum atomic E-state index is 13.1. The van der Waals surface area contributed by atoms with Gasteiger partial charge in [-0.3, -0.25) is 0 Å². The molecule has 0 unspecified atom stereocenters. The summed E-state index contributed by atoms with van der Waals surface area (Å²) >= 11 is 0. The van der Waals surface area contributed by atoms with E-state index in [0.717, 1.165) is 18.4 Å². The van der Waals surface area contributed by atoms with Crippen LogP contribution in [0.1, 0.15) is 11.1 Å². The highest BCUT2D eigenvalue weighted by Crippen LogP contribution is 2.21. The van der Waals surface area contributed by atoms with Crippen molar-refractivity contribution in [1.29, 1.82) is 0 Å². The molecular weight excluding hydrogens is 265 g/mol. The molecule has 0 atom stereocenters. The molecule has 0 saturated carbocycles. The number of carboxylic acid groups (broad SMARTS) is 2.